The van der Waals surface area contributed by atoms with Crippen molar-refractivity contribution >= 4 is 40.9 Å². The molecule has 0 aliphatic carbocycles. The number of benzene rings is 2. The zero-order valence-electron chi connectivity index (χ0n) is 12.5. The fourth-order valence-electron chi connectivity index (χ4n) is 2.33. The molecule has 2 aromatic carbocycles. The van der Waals surface area contributed by atoms with Gasteiger partial charge in [-0.3, -0.25) is 25.1 Å². The number of anilines is 1. The number of hydrogen-bond donors (Lipinski definition) is 2. The number of halogens is 1. The average molecular weight is 360 g/mol. The summed E-state index contributed by atoms with van der Waals surface area (Å²) in [5, 5.41) is 22.0. The van der Waals surface area contributed by atoms with Crippen molar-refractivity contribution in [3.05, 3.63) is 68.7 Å². The summed E-state index contributed by atoms with van der Waals surface area (Å²) in [4.78, 5) is 34.7. The van der Waals surface area contributed by atoms with Gasteiger partial charge in [0.2, 0.25) is 5.75 Å². The molecule has 0 unspecified atom stereocenters. The minimum Gasteiger partial charge on any atom is -0.502 e. The van der Waals surface area contributed by atoms with Crippen molar-refractivity contribution in [1.82, 2.24) is 5.43 Å². The molecule has 0 atom stereocenters. The van der Waals surface area contributed by atoms with Crippen molar-refractivity contribution in [3.8, 4) is 5.75 Å². The largest absolute Gasteiger partial charge is 0.502 e. The second-order valence-electron chi connectivity index (χ2n) is 5.09. The van der Waals surface area contributed by atoms with Crippen LogP contribution in [0.25, 0.3) is 6.08 Å². The number of carbonyl (C=O) groups is 2. The molecule has 1 heterocycles. The van der Waals surface area contributed by atoms with Gasteiger partial charge in [0.05, 0.1) is 10.6 Å². The Bertz CT molecular complexity index is 927. The highest BCUT2D eigenvalue weighted by Crippen LogP contribution is 2.35. The summed E-state index contributed by atoms with van der Waals surface area (Å²) in [6.45, 7) is 0. The quantitative estimate of drug-likeness (QED) is 0.378. The molecule has 1 aliphatic heterocycles. The molecule has 0 spiro atoms. The topological polar surface area (TPSA) is 113 Å². The number of hydrogen-bond acceptors (Lipinski definition) is 5. The van der Waals surface area contributed by atoms with Gasteiger partial charge in [-0.25, -0.2) is 5.01 Å². The number of carbonyl (C=O) groups excluding carboxylic acids is 2. The number of aromatic hydroxyl groups is 1. The Hall–Kier alpha value is -3.39. The molecular formula is C16H10ClN3O5. The lowest BCUT2D eigenvalue weighted by atomic mass is 10.1. The number of nitrogens with zero attached hydrogens (tertiary/aromatic N) is 2. The van der Waals surface area contributed by atoms with E-state index in [1.54, 1.807) is 30.3 Å². The molecule has 1 saturated heterocycles. The van der Waals surface area contributed by atoms with Crippen molar-refractivity contribution in [2.24, 2.45) is 0 Å². The van der Waals surface area contributed by atoms with Crippen LogP contribution in [0, 0.1) is 10.1 Å². The lowest BCUT2D eigenvalue weighted by Crippen LogP contribution is -2.35. The van der Waals surface area contributed by atoms with E-state index in [0.717, 1.165) is 17.2 Å². The van der Waals surface area contributed by atoms with Gasteiger partial charge >= 0.3 is 5.69 Å². The molecule has 8 nitrogen and oxygen atoms in total. The lowest BCUT2D eigenvalue weighted by molar-refractivity contribution is -0.385. The zero-order valence-corrected chi connectivity index (χ0v) is 13.2. The molecule has 9 heteroatoms. The number of phenolic OH excluding ortho intramolecular Hbond substituents is 1. The van der Waals surface area contributed by atoms with Crippen LogP contribution >= 0.6 is 11.6 Å². The first-order chi connectivity index (χ1) is 11.9. The Kier molecular flexibility index (Phi) is 4.12. The predicted molar refractivity (Wildman–Crippen MR) is 89.8 cm³/mol. The molecule has 2 N–H and O–H groups in total. The molecular weight excluding hydrogens is 350 g/mol. The molecule has 2 aromatic rings. The maximum absolute atomic E-state index is 12.5. The van der Waals surface area contributed by atoms with E-state index >= 15 is 0 Å². The van der Waals surface area contributed by atoms with Gasteiger partial charge in [0, 0.05) is 16.7 Å². The van der Waals surface area contributed by atoms with Crippen LogP contribution in [0.4, 0.5) is 11.4 Å². The number of nitrogens with one attached hydrogen (secondary N) is 1. The average Bonchev–Trinajstić information content (AvgIpc) is 2.86. The summed E-state index contributed by atoms with van der Waals surface area (Å²) in [5.41, 5.74) is 1.83. The van der Waals surface area contributed by atoms with Gasteiger partial charge in [-0.1, -0.05) is 29.8 Å². The first kappa shape index (κ1) is 16.5. The fraction of sp³-hybridized carbons (Fsp3) is 0. The van der Waals surface area contributed by atoms with Gasteiger partial charge in [0.15, 0.2) is 0 Å². The molecule has 25 heavy (non-hydrogen) atoms. The van der Waals surface area contributed by atoms with Crippen LogP contribution in [0.15, 0.2) is 48.0 Å². The first-order valence-corrected chi connectivity index (χ1v) is 7.35. The molecule has 1 fully saturated rings. The van der Waals surface area contributed by atoms with Crippen LogP contribution < -0.4 is 10.4 Å². The summed E-state index contributed by atoms with van der Waals surface area (Å²) < 4.78 is 0. The second kappa shape index (κ2) is 6.25. The van der Waals surface area contributed by atoms with Crippen LogP contribution in [0.1, 0.15) is 5.56 Å². The van der Waals surface area contributed by atoms with E-state index in [-0.39, 0.29) is 16.2 Å². The van der Waals surface area contributed by atoms with E-state index in [2.05, 4.69) is 5.43 Å². The van der Waals surface area contributed by atoms with Crippen molar-refractivity contribution in [2.45, 2.75) is 0 Å². The second-order valence-corrected chi connectivity index (χ2v) is 5.53. The van der Waals surface area contributed by atoms with E-state index in [4.69, 9.17) is 11.6 Å². The smallest absolute Gasteiger partial charge is 0.312 e. The molecule has 126 valence electrons. The molecule has 0 saturated carbocycles. The van der Waals surface area contributed by atoms with Crippen LogP contribution in [0.2, 0.25) is 5.02 Å². The summed E-state index contributed by atoms with van der Waals surface area (Å²) in [6.07, 6.45) is 1.06. The SMILES string of the molecule is O=C1NN(c2ccccc2)C(=O)/C1=C\c1cc(Cl)cc([N+](=O)[O-])c1O. The normalized spacial score (nSPS) is 15.6. The standard InChI is InChI=1S/C16H10ClN3O5/c17-10-6-9(14(21)13(8-10)20(24)25)7-12-15(22)18-19(16(12)23)11-4-2-1-3-5-11/h1-8,21H,(H,18,22)/b12-7-. The van der Waals surface area contributed by atoms with E-state index < -0.39 is 28.2 Å². The highest BCUT2D eigenvalue weighted by molar-refractivity contribution is 6.32. The van der Waals surface area contributed by atoms with E-state index in [9.17, 15) is 24.8 Å². The molecule has 2 amide bonds. The fourth-order valence-corrected chi connectivity index (χ4v) is 2.55. The van der Waals surface area contributed by atoms with Gasteiger partial charge in [0.25, 0.3) is 11.8 Å². The van der Waals surface area contributed by atoms with Gasteiger partial charge in [-0.2, -0.15) is 0 Å². The molecule has 0 bridgehead atoms. The Morgan fingerprint density at radius 2 is 1.88 bits per heavy atom. The Morgan fingerprint density at radius 3 is 2.52 bits per heavy atom. The van der Waals surface area contributed by atoms with Gasteiger partial charge in [0.1, 0.15) is 5.57 Å². The summed E-state index contributed by atoms with van der Waals surface area (Å²) in [5.74, 6) is -2.03. The maximum atomic E-state index is 12.5. The maximum Gasteiger partial charge on any atom is 0.312 e. The zero-order chi connectivity index (χ0) is 18.1. The lowest BCUT2D eigenvalue weighted by Gasteiger charge is -2.13. The number of nitro benzene ring substituents is 1. The third-order valence-corrected chi connectivity index (χ3v) is 3.70. The Labute approximate surface area is 146 Å². The summed E-state index contributed by atoms with van der Waals surface area (Å²) in [6, 6.07) is 10.6. The molecule has 0 aromatic heterocycles. The van der Waals surface area contributed by atoms with E-state index in [1.165, 1.54) is 6.07 Å². The number of para-hydroxylation sites is 1. The number of hydrazine groups is 1. The van der Waals surface area contributed by atoms with E-state index in [1.807, 2.05) is 0 Å². The number of phenols is 1. The highest BCUT2D eigenvalue weighted by atomic mass is 35.5. The third kappa shape index (κ3) is 3.02. The monoisotopic (exact) mass is 359 g/mol. The summed E-state index contributed by atoms with van der Waals surface area (Å²) >= 11 is 5.81. The van der Waals surface area contributed by atoms with Crippen LogP contribution in [0.5, 0.6) is 5.75 Å². The van der Waals surface area contributed by atoms with Gasteiger partial charge in [-0.15, -0.1) is 0 Å². The van der Waals surface area contributed by atoms with Crippen molar-refractivity contribution in [1.29, 1.82) is 0 Å². The highest BCUT2D eigenvalue weighted by Gasteiger charge is 2.35. The summed E-state index contributed by atoms with van der Waals surface area (Å²) in [7, 11) is 0. The van der Waals surface area contributed by atoms with Crippen molar-refractivity contribution in [2.75, 3.05) is 5.01 Å². The number of amides is 2. The van der Waals surface area contributed by atoms with Crippen LogP contribution in [0.3, 0.4) is 0 Å². The van der Waals surface area contributed by atoms with Crippen molar-refractivity contribution in [3.63, 3.8) is 0 Å². The predicted octanol–water partition coefficient (Wildman–Crippen LogP) is 2.42. The van der Waals surface area contributed by atoms with Crippen LogP contribution in [-0.2, 0) is 9.59 Å². The third-order valence-electron chi connectivity index (χ3n) is 3.49. The van der Waals surface area contributed by atoms with Gasteiger partial charge < -0.3 is 5.11 Å². The molecule has 0 radical (unpaired) electrons. The minimum absolute atomic E-state index is 0.0119. The van der Waals surface area contributed by atoms with Crippen molar-refractivity contribution < 1.29 is 19.6 Å². The number of nitro groups is 1. The van der Waals surface area contributed by atoms with Gasteiger partial charge in [-0.05, 0) is 24.3 Å². The first-order valence-electron chi connectivity index (χ1n) is 6.97. The molecule has 3 rings (SSSR count). The van der Waals surface area contributed by atoms with E-state index in [0.29, 0.717) is 5.69 Å². The molecule has 1 aliphatic rings. The Morgan fingerprint density at radius 1 is 1.20 bits per heavy atom. The van der Waals surface area contributed by atoms with Crippen LogP contribution in [-0.4, -0.2) is 21.8 Å². The Balaban J connectivity index is 2.04. The minimum atomic E-state index is -0.809. The number of rotatable bonds is 3.